The molecule has 0 amide bonds. The lowest BCUT2D eigenvalue weighted by Gasteiger charge is -2.34. The zero-order chi connectivity index (χ0) is 19.4. The van der Waals surface area contributed by atoms with Crippen molar-refractivity contribution in [1.29, 1.82) is 0 Å². The van der Waals surface area contributed by atoms with Crippen LogP contribution in [0.5, 0.6) is 0 Å². The smallest absolute Gasteiger partial charge is 0.214 e. The summed E-state index contributed by atoms with van der Waals surface area (Å²) in [5.74, 6) is 0.235. The fourth-order valence-corrected chi connectivity index (χ4v) is 6.23. The van der Waals surface area contributed by atoms with E-state index < -0.39 is 10.0 Å². The number of fused-ring (bicyclic) bond motifs is 1. The van der Waals surface area contributed by atoms with Crippen LogP contribution in [0.1, 0.15) is 11.3 Å². The number of thiophene rings is 1. The summed E-state index contributed by atoms with van der Waals surface area (Å²) in [5.41, 5.74) is 0.983. The molecule has 2 aliphatic heterocycles. The molecular weight excluding hydrogens is 398 g/mol. The molecule has 0 saturated carbocycles. The first-order valence-corrected chi connectivity index (χ1v) is 12.2. The topological polar surface area (TPSA) is 78.9 Å². The van der Waals surface area contributed by atoms with Crippen molar-refractivity contribution in [3.63, 3.8) is 0 Å². The van der Waals surface area contributed by atoms with Crippen molar-refractivity contribution in [1.82, 2.24) is 24.1 Å². The van der Waals surface area contributed by atoms with Gasteiger partial charge in [0.2, 0.25) is 10.0 Å². The highest BCUT2D eigenvalue weighted by Gasteiger charge is 2.27. The molecule has 4 rings (SSSR count). The van der Waals surface area contributed by atoms with Crippen LogP contribution >= 0.6 is 11.3 Å². The fraction of sp³-hybridized carbons (Fsp3) is 0.667. The number of aromatic nitrogens is 2. The molecule has 0 N–H and O–H groups in total. The van der Waals surface area contributed by atoms with Gasteiger partial charge in [0.15, 0.2) is 0 Å². The number of rotatable bonds is 7. The molecule has 2 aromatic rings. The number of piperazine rings is 1. The van der Waals surface area contributed by atoms with Crippen LogP contribution < -0.4 is 0 Å². The minimum atomic E-state index is -3.17. The Morgan fingerprint density at radius 3 is 2.61 bits per heavy atom. The maximum absolute atomic E-state index is 12.7. The molecule has 0 atom stereocenters. The molecule has 0 aromatic carbocycles. The van der Waals surface area contributed by atoms with E-state index in [1.165, 1.54) is 4.88 Å². The lowest BCUT2D eigenvalue weighted by Crippen LogP contribution is -2.49. The molecular formula is C18H27N5O3S2. The molecule has 154 valence electrons. The molecule has 2 aromatic heterocycles. The van der Waals surface area contributed by atoms with Gasteiger partial charge in [0.05, 0.1) is 29.2 Å². The average Bonchev–Trinajstić information content (AvgIpc) is 3.11. The van der Waals surface area contributed by atoms with E-state index >= 15 is 0 Å². The Kier molecular flexibility index (Phi) is 6.54. The Morgan fingerprint density at radius 2 is 1.86 bits per heavy atom. The van der Waals surface area contributed by atoms with Gasteiger partial charge in [-0.05, 0) is 19.0 Å². The van der Waals surface area contributed by atoms with Gasteiger partial charge in [-0.25, -0.2) is 18.4 Å². The monoisotopic (exact) mass is 425 g/mol. The third-order valence-corrected chi connectivity index (χ3v) is 8.33. The molecule has 0 spiro atoms. The maximum Gasteiger partial charge on any atom is 0.214 e. The van der Waals surface area contributed by atoms with E-state index in [9.17, 15) is 8.42 Å². The summed E-state index contributed by atoms with van der Waals surface area (Å²) in [6.45, 7) is 7.66. The normalized spacial score (nSPS) is 20.7. The van der Waals surface area contributed by atoms with Crippen LogP contribution in [-0.2, 0) is 21.3 Å². The van der Waals surface area contributed by atoms with Gasteiger partial charge >= 0.3 is 0 Å². The molecule has 2 aliphatic rings. The zero-order valence-corrected chi connectivity index (χ0v) is 17.6. The first-order chi connectivity index (χ1) is 13.6. The van der Waals surface area contributed by atoms with Gasteiger partial charge in [-0.2, -0.15) is 4.31 Å². The second-order valence-corrected chi connectivity index (χ2v) is 10.5. The summed E-state index contributed by atoms with van der Waals surface area (Å²) in [5, 5.41) is 0. The minimum absolute atomic E-state index is 0.235. The molecule has 0 radical (unpaired) electrons. The summed E-state index contributed by atoms with van der Waals surface area (Å²) in [6, 6.07) is 2.11. The summed E-state index contributed by atoms with van der Waals surface area (Å²) in [6.07, 6.45) is 4.10. The van der Waals surface area contributed by atoms with Crippen molar-refractivity contribution >= 4 is 31.6 Å². The van der Waals surface area contributed by atoms with E-state index in [0.29, 0.717) is 19.5 Å². The average molecular weight is 426 g/mol. The number of morpholine rings is 1. The second-order valence-electron chi connectivity index (χ2n) is 7.28. The van der Waals surface area contributed by atoms with Crippen LogP contribution in [0.25, 0.3) is 10.2 Å². The Balaban J connectivity index is 1.23. The molecule has 0 unspecified atom stereocenters. The van der Waals surface area contributed by atoms with Crippen molar-refractivity contribution in [2.45, 2.75) is 13.0 Å². The van der Waals surface area contributed by atoms with Crippen molar-refractivity contribution < 1.29 is 13.2 Å². The molecule has 2 saturated heterocycles. The molecule has 28 heavy (non-hydrogen) atoms. The Morgan fingerprint density at radius 1 is 1.07 bits per heavy atom. The van der Waals surface area contributed by atoms with Crippen LogP contribution in [-0.4, -0.2) is 97.3 Å². The third-order valence-electron chi connectivity index (χ3n) is 5.33. The van der Waals surface area contributed by atoms with Crippen molar-refractivity contribution in [2.24, 2.45) is 0 Å². The number of sulfonamides is 1. The fourth-order valence-electron chi connectivity index (χ4n) is 3.73. The van der Waals surface area contributed by atoms with Crippen LogP contribution in [0.4, 0.5) is 0 Å². The van der Waals surface area contributed by atoms with Gasteiger partial charge in [-0.15, -0.1) is 11.3 Å². The van der Waals surface area contributed by atoms with Crippen LogP contribution in [0.15, 0.2) is 18.6 Å². The van der Waals surface area contributed by atoms with Crippen molar-refractivity contribution in [3.05, 3.63) is 23.5 Å². The van der Waals surface area contributed by atoms with E-state index in [1.54, 1.807) is 22.0 Å². The Bertz CT molecular complexity index is 841. The SMILES string of the molecule is O=S(=O)(CCCN1CCOCC1)N1CCN(Cc2cc3ncncc3s2)CC1. The Hall–Kier alpha value is -1.17. The molecule has 0 bridgehead atoms. The highest BCUT2D eigenvalue weighted by Crippen LogP contribution is 2.24. The molecule has 8 nitrogen and oxygen atoms in total. The first kappa shape index (κ1) is 20.1. The number of hydrogen-bond acceptors (Lipinski definition) is 8. The third kappa shape index (κ3) is 5.05. The maximum atomic E-state index is 12.7. The van der Waals surface area contributed by atoms with E-state index in [0.717, 1.165) is 62.7 Å². The number of ether oxygens (including phenoxy) is 1. The minimum Gasteiger partial charge on any atom is -0.379 e. The van der Waals surface area contributed by atoms with Gasteiger partial charge in [-0.1, -0.05) is 0 Å². The summed E-state index contributed by atoms with van der Waals surface area (Å²) in [7, 11) is -3.17. The molecule has 4 heterocycles. The van der Waals surface area contributed by atoms with Gasteiger partial charge in [0.25, 0.3) is 0 Å². The largest absolute Gasteiger partial charge is 0.379 e. The van der Waals surface area contributed by atoms with E-state index in [4.69, 9.17) is 4.74 Å². The van der Waals surface area contributed by atoms with Gasteiger partial charge in [-0.3, -0.25) is 9.80 Å². The predicted octanol–water partition coefficient (Wildman–Crippen LogP) is 0.861. The quantitative estimate of drug-likeness (QED) is 0.651. The number of nitrogens with zero attached hydrogens (tertiary/aromatic N) is 5. The highest BCUT2D eigenvalue weighted by molar-refractivity contribution is 7.89. The summed E-state index contributed by atoms with van der Waals surface area (Å²) >= 11 is 1.71. The predicted molar refractivity (Wildman–Crippen MR) is 110 cm³/mol. The molecule has 2 fully saturated rings. The standard InChI is InChI=1S/C18H27N5O3S2/c24-28(25,11-1-2-21-7-9-26-10-8-21)23-5-3-22(4-6-23)14-16-12-17-18(27-16)13-19-15-20-17/h12-13,15H,1-11,14H2. The lowest BCUT2D eigenvalue weighted by atomic mass is 10.3. The van der Waals surface area contributed by atoms with E-state index in [2.05, 4.69) is 25.8 Å². The number of hydrogen-bond donors (Lipinski definition) is 0. The summed E-state index contributed by atoms with van der Waals surface area (Å²) in [4.78, 5) is 14.2. The highest BCUT2D eigenvalue weighted by atomic mass is 32.2. The van der Waals surface area contributed by atoms with Gasteiger partial charge < -0.3 is 4.74 Å². The van der Waals surface area contributed by atoms with Crippen molar-refractivity contribution in [3.8, 4) is 0 Å². The van der Waals surface area contributed by atoms with Crippen LogP contribution in [0.3, 0.4) is 0 Å². The van der Waals surface area contributed by atoms with Gasteiger partial charge in [0, 0.05) is 56.9 Å². The lowest BCUT2D eigenvalue weighted by molar-refractivity contribution is 0.0380. The van der Waals surface area contributed by atoms with Gasteiger partial charge in [0.1, 0.15) is 6.33 Å². The van der Waals surface area contributed by atoms with Crippen LogP contribution in [0.2, 0.25) is 0 Å². The van der Waals surface area contributed by atoms with Crippen molar-refractivity contribution in [2.75, 3.05) is 64.8 Å². The summed E-state index contributed by atoms with van der Waals surface area (Å²) < 4.78 is 33.4. The molecule has 10 heteroatoms. The van der Waals surface area contributed by atoms with Crippen LogP contribution in [0, 0.1) is 0 Å². The zero-order valence-electron chi connectivity index (χ0n) is 16.0. The van der Waals surface area contributed by atoms with E-state index in [1.807, 2.05) is 6.20 Å². The Labute approximate surface area is 170 Å². The van der Waals surface area contributed by atoms with E-state index in [-0.39, 0.29) is 5.75 Å². The first-order valence-electron chi connectivity index (χ1n) is 9.79. The second kappa shape index (κ2) is 9.10. The molecule has 0 aliphatic carbocycles.